The highest BCUT2D eigenvalue weighted by Gasteiger charge is 2.53. The highest BCUT2D eigenvalue weighted by Crippen LogP contribution is 2.42. The van der Waals surface area contributed by atoms with Gasteiger partial charge in [0.2, 0.25) is 0 Å². The molecule has 0 saturated carbocycles. The predicted octanol–water partition coefficient (Wildman–Crippen LogP) is -0.356. The Morgan fingerprint density at radius 2 is 2.32 bits per heavy atom. The van der Waals surface area contributed by atoms with E-state index < -0.39 is 30.5 Å². The highest BCUT2D eigenvalue weighted by atomic mass is 79.9. The smallest absolute Gasteiger partial charge is 0.150 e. The van der Waals surface area contributed by atoms with Crippen LogP contribution in [-0.4, -0.2) is 56.5 Å². The van der Waals surface area contributed by atoms with Gasteiger partial charge in [-0.25, -0.2) is 4.99 Å². The lowest BCUT2D eigenvalue weighted by Gasteiger charge is -2.27. The summed E-state index contributed by atoms with van der Waals surface area (Å²) in [5.74, 6) is 0.132. The first-order valence-electron chi connectivity index (χ1n) is 6.60. The Morgan fingerprint density at radius 3 is 2.82 bits per heavy atom. The normalized spacial score (nSPS) is 32.5. The monoisotopic (exact) mass is 374 g/mol. The number of amidine groups is 1. The number of aromatic nitrogens is 1. The van der Waals surface area contributed by atoms with Crippen LogP contribution in [0.2, 0.25) is 0 Å². The van der Waals surface area contributed by atoms with Crippen LogP contribution in [0.1, 0.15) is 24.4 Å². The van der Waals surface area contributed by atoms with Crippen molar-refractivity contribution in [1.29, 1.82) is 5.41 Å². The van der Waals surface area contributed by atoms with Gasteiger partial charge in [-0.3, -0.25) is 5.41 Å². The van der Waals surface area contributed by atoms with E-state index in [4.69, 9.17) is 15.9 Å². The van der Waals surface area contributed by atoms with Crippen molar-refractivity contribution in [3.8, 4) is 0 Å². The summed E-state index contributed by atoms with van der Waals surface area (Å²) in [5, 5.41) is 36.8. The third kappa shape index (κ3) is 2.59. The predicted molar refractivity (Wildman–Crippen MR) is 84.0 cm³/mol. The van der Waals surface area contributed by atoms with E-state index in [1.807, 2.05) is 0 Å². The van der Waals surface area contributed by atoms with Crippen LogP contribution in [-0.2, 0) is 11.8 Å². The zero-order valence-corrected chi connectivity index (χ0v) is 13.8. The number of rotatable bonds is 4. The fraction of sp³-hybridized carbons (Fsp3) is 0.538. The number of nitrogens with two attached hydrogens (primary N) is 1. The van der Waals surface area contributed by atoms with Crippen LogP contribution in [0, 0.1) is 5.41 Å². The van der Waals surface area contributed by atoms with Gasteiger partial charge in [-0.2, -0.15) is 0 Å². The zero-order valence-electron chi connectivity index (χ0n) is 12.2. The average molecular weight is 375 g/mol. The van der Waals surface area contributed by atoms with Crippen LogP contribution >= 0.6 is 15.9 Å². The first-order valence-corrected chi connectivity index (χ1v) is 7.39. The van der Waals surface area contributed by atoms with Gasteiger partial charge in [-0.1, -0.05) is 0 Å². The molecule has 0 spiro atoms. The number of hydrogen-bond donors (Lipinski definition) is 5. The summed E-state index contributed by atoms with van der Waals surface area (Å²) in [6.45, 7) is 1.05. The Bertz CT molecular complexity index is 613. The summed E-state index contributed by atoms with van der Waals surface area (Å²) in [6.07, 6.45) is -2.10. The van der Waals surface area contributed by atoms with Crippen LogP contribution in [0.4, 0.5) is 0 Å². The second-order valence-corrected chi connectivity index (χ2v) is 6.23. The minimum atomic E-state index is -1.57. The van der Waals surface area contributed by atoms with Gasteiger partial charge < -0.3 is 30.4 Å². The van der Waals surface area contributed by atoms with E-state index in [2.05, 4.69) is 20.9 Å². The van der Waals surface area contributed by atoms with Crippen molar-refractivity contribution in [2.75, 3.05) is 6.61 Å². The molecule has 0 aromatic carbocycles. The van der Waals surface area contributed by atoms with Crippen LogP contribution in [0.3, 0.4) is 0 Å². The molecule has 1 aliphatic rings. The maximum absolute atomic E-state index is 10.5. The third-order valence-electron chi connectivity index (χ3n) is 3.91. The molecule has 0 radical (unpaired) electrons. The molecule has 2 rings (SSSR count). The van der Waals surface area contributed by atoms with Crippen LogP contribution in [0.15, 0.2) is 15.5 Å². The molecule has 0 bridgehead atoms. The molecule has 4 atom stereocenters. The van der Waals surface area contributed by atoms with Crippen molar-refractivity contribution < 1.29 is 20.1 Å². The first kappa shape index (κ1) is 17.1. The summed E-state index contributed by atoms with van der Waals surface area (Å²) >= 11 is 3.36. The molecule has 2 heterocycles. The lowest BCUT2D eigenvalue weighted by molar-refractivity contribution is -0.0667. The van der Waals surface area contributed by atoms with Crippen molar-refractivity contribution in [2.45, 2.75) is 30.8 Å². The molecule has 9 heteroatoms. The van der Waals surface area contributed by atoms with Gasteiger partial charge >= 0.3 is 0 Å². The fourth-order valence-corrected chi connectivity index (χ4v) is 3.39. The van der Waals surface area contributed by atoms with Gasteiger partial charge in [0, 0.05) is 11.5 Å². The van der Waals surface area contributed by atoms with Crippen LogP contribution in [0.25, 0.3) is 0 Å². The van der Waals surface area contributed by atoms with Crippen molar-refractivity contribution in [3.05, 3.63) is 21.9 Å². The number of nitrogens with one attached hydrogen (secondary N) is 1. The van der Waals surface area contributed by atoms with E-state index in [1.54, 1.807) is 17.7 Å². The van der Waals surface area contributed by atoms with Gasteiger partial charge in [0.05, 0.1) is 18.0 Å². The van der Waals surface area contributed by atoms with Crippen molar-refractivity contribution >= 4 is 28.1 Å². The fourth-order valence-electron chi connectivity index (χ4n) is 2.69. The Hall–Kier alpha value is -1.26. The Kier molecular flexibility index (Phi) is 4.73. The second kappa shape index (κ2) is 6.09. The number of hydrogen-bond acceptors (Lipinski definition) is 5. The van der Waals surface area contributed by atoms with Gasteiger partial charge in [0.15, 0.2) is 0 Å². The van der Waals surface area contributed by atoms with Gasteiger partial charge in [-0.05, 0) is 28.9 Å². The maximum atomic E-state index is 10.5. The van der Waals surface area contributed by atoms with Gasteiger partial charge in [0.1, 0.15) is 36.1 Å². The Labute approximate surface area is 135 Å². The van der Waals surface area contributed by atoms with Gasteiger partial charge in [-0.15, -0.1) is 0 Å². The van der Waals surface area contributed by atoms with E-state index in [-0.39, 0.29) is 5.84 Å². The van der Waals surface area contributed by atoms with Crippen molar-refractivity contribution in [2.24, 2.45) is 17.8 Å². The Morgan fingerprint density at radius 1 is 1.68 bits per heavy atom. The number of halogens is 1. The minimum Gasteiger partial charge on any atom is -0.394 e. The molecule has 0 unspecified atom stereocenters. The van der Waals surface area contributed by atoms with E-state index in [1.165, 1.54) is 6.92 Å². The molecule has 0 aliphatic carbocycles. The highest BCUT2D eigenvalue weighted by molar-refractivity contribution is 9.10. The summed E-state index contributed by atoms with van der Waals surface area (Å²) < 4.78 is 7.88. The second-order valence-electron chi connectivity index (χ2n) is 5.38. The molecule has 1 fully saturated rings. The molecule has 22 heavy (non-hydrogen) atoms. The number of aliphatic hydroxyl groups excluding tert-OH is 2. The molecule has 122 valence electrons. The lowest BCUT2D eigenvalue weighted by Crippen LogP contribution is -2.43. The Balaban J connectivity index is 2.49. The summed E-state index contributed by atoms with van der Waals surface area (Å²) in [6, 6.07) is 1.70. The standard InChI is InChI=1S/C13H19BrN4O4/c1-13(21)10(20)8(4-19)22-11(13)7-3-6(14)9(18(7)2)12(16)17-5-15/h3,5,8,10-11,19-21H,4H2,1-2H3,(H3,15,16,17)/t8-,10-,11+,13-/m1/s1. The average Bonchev–Trinajstić information content (AvgIpc) is 2.85. The van der Waals surface area contributed by atoms with Crippen LogP contribution < -0.4 is 5.73 Å². The largest absolute Gasteiger partial charge is 0.394 e. The number of nitrogens with zero attached hydrogens (tertiary/aromatic N) is 2. The van der Waals surface area contributed by atoms with Crippen LogP contribution in [0.5, 0.6) is 0 Å². The van der Waals surface area contributed by atoms with Gasteiger partial charge in [0.25, 0.3) is 0 Å². The number of ether oxygens (including phenoxy) is 1. The minimum absolute atomic E-state index is 0.132. The summed E-state index contributed by atoms with van der Waals surface area (Å²) in [5.41, 5.74) is 5.34. The molecule has 1 saturated heterocycles. The topological polar surface area (TPSA) is 137 Å². The zero-order chi connectivity index (χ0) is 16.7. The molecule has 8 nitrogen and oxygen atoms in total. The SMILES string of the molecule is Cn1c([C@@H]2O[C@H](CO)[C@@H](O)[C@@]2(C)O)cc(Br)c1C(N)=NC=N. The maximum Gasteiger partial charge on any atom is 0.150 e. The molecule has 1 aromatic rings. The first-order chi connectivity index (χ1) is 10.3. The summed E-state index contributed by atoms with van der Waals surface area (Å²) in [7, 11) is 1.71. The van der Waals surface area contributed by atoms with Crippen molar-refractivity contribution in [3.63, 3.8) is 0 Å². The molecule has 1 aliphatic heterocycles. The lowest BCUT2D eigenvalue weighted by atomic mass is 9.91. The molecule has 6 N–H and O–H groups in total. The number of aliphatic hydroxyl groups is 3. The molecule has 0 amide bonds. The third-order valence-corrected chi connectivity index (χ3v) is 4.52. The molecule has 1 aromatic heterocycles. The van der Waals surface area contributed by atoms with E-state index >= 15 is 0 Å². The van der Waals surface area contributed by atoms with Crippen molar-refractivity contribution in [1.82, 2.24) is 4.57 Å². The number of aliphatic imine (C=N–C) groups is 1. The molecular formula is C13H19BrN4O4. The van der Waals surface area contributed by atoms with E-state index in [0.29, 0.717) is 15.9 Å². The van der Waals surface area contributed by atoms with E-state index in [9.17, 15) is 15.3 Å². The molecular weight excluding hydrogens is 356 g/mol. The summed E-state index contributed by atoms with van der Waals surface area (Å²) in [4.78, 5) is 3.73. The quantitative estimate of drug-likeness (QED) is 0.362. The van der Waals surface area contributed by atoms with E-state index in [0.717, 1.165) is 6.34 Å².